The van der Waals surface area contributed by atoms with E-state index >= 15 is 19.2 Å². The first-order valence-corrected chi connectivity index (χ1v) is 32.5. The van der Waals surface area contributed by atoms with Gasteiger partial charge >= 0.3 is 0 Å². The molecule has 0 aromatic heterocycles. The van der Waals surface area contributed by atoms with Gasteiger partial charge in [-0.2, -0.15) is 0 Å². The van der Waals surface area contributed by atoms with E-state index in [2.05, 4.69) is 31.9 Å². The molecule has 2 heterocycles. The van der Waals surface area contributed by atoms with E-state index in [1.54, 1.807) is 27.9 Å². The van der Waals surface area contributed by atoms with E-state index < -0.39 is 36.3 Å². The van der Waals surface area contributed by atoms with E-state index in [0.29, 0.717) is 75.8 Å². The van der Waals surface area contributed by atoms with Gasteiger partial charge in [0.15, 0.2) is 0 Å². The van der Waals surface area contributed by atoms with Crippen LogP contribution in [0, 0.1) is 11.8 Å². The quantitative estimate of drug-likeness (QED) is 0.0397. The van der Waals surface area contributed by atoms with Gasteiger partial charge in [-0.25, -0.2) is 0 Å². The molecule has 4 aromatic carbocycles. The highest BCUT2D eigenvalue weighted by Gasteiger charge is 2.43. The third kappa shape index (κ3) is 18.3. The van der Waals surface area contributed by atoms with Gasteiger partial charge < -0.3 is 51.5 Å². The number of benzene rings is 4. The topological polar surface area (TPSA) is 222 Å². The number of carbonyl (C=O) groups excluding carboxylic acids is 8. The van der Waals surface area contributed by atoms with Crippen LogP contribution in [0.3, 0.4) is 0 Å². The van der Waals surface area contributed by atoms with E-state index in [4.69, 9.17) is 0 Å². The van der Waals surface area contributed by atoms with Gasteiger partial charge in [-0.15, -0.1) is 0 Å². The van der Waals surface area contributed by atoms with Crippen molar-refractivity contribution in [2.45, 2.75) is 179 Å². The molecule has 8 amide bonds. The Kier molecular flexibility index (Phi) is 24.7. The maximum absolute atomic E-state index is 15.0. The Morgan fingerprint density at radius 3 is 1.16 bits per heavy atom. The van der Waals surface area contributed by atoms with Crippen LogP contribution in [0.4, 0.5) is 0 Å². The Morgan fingerprint density at radius 2 is 0.830 bits per heavy atom. The largest absolute Gasteiger partial charge is 0.353 e. The van der Waals surface area contributed by atoms with Crippen LogP contribution in [0.1, 0.15) is 149 Å². The van der Waals surface area contributed by atoms with Crippen molar-refractivity contribution in [3.05, 3.63) is 131 Å². The molecule has 2 saturated heterocycles. The van der Waals surface area contributed by atoms with Gasteiger partial charge in [0, 0.05) is 76.3 Å². The van der Waals surface area contributed by atoms with Crippen molar-refractivity contribution in [3.63, 3.8) is 0 Å². The zero-order chi connectivity index (χ0) is 62.7. The van der Waals surface area contributed by atoms with E-state index in [1.807, 2.05) is 129 Å². The lowest BCUT2D eigenvalue weighted by atomic mass is 9.82. The van der Waals surface area contributed by atoms with Crippen LogP contribution < -0.4 is 31.9 Å². The van der Waals surface area contributed by atoms with E-state index in [9.17, 15) is 19.2 Å². The molecule has 2 aliphatic heterocycles. The third-order valence-corrected chi connectivity index (χ3v) is 18.9. The second-order valence-corrected chi connectivity index (χ2v) is 25.1. The molecular weight excluding hydrogens is 1110 g/mol. The molecule has 88 heavy (non-hydrogen) atoms. The minimum Gasteiger partial charge on any atom is -0.353 e. The first-order chi connectivity index (χ1) is 42.5. The van der Waals surface area contributed by atoms with Crippen LogP contribution in [0.25, 0.3) is 11.1 Å². The number of piperidine rings is 2. The highest BCUT2D eigenvalue weighted by atomic mass is 16.2. The van der Waals surface area contributed by atoms with Crippen LogP contribution in [-0.4, -0.2) is 169 Å². The lowest BCUT2D eigenvalue weighted by Gasteiger charge is -2.44. The summed E-state index contributed by atoms with van der Waals surface area (Å²) in [7, 11) is 3.44. The van der Waals surface area contributed by atoms with Gasteiger partial charge in [-0.05, 0) is 151 Å². The molecule has 4 aromatic rings. The maximum atomic E-state index is 15.0. The van der Waals surface area contributed by atoms with Gasteiger partial charge in [0.1, 0.15) is 12.1 Å². The van der Waals surface area contributed by atoms with Crippen molar-refractivity contribution >= 4 is 47.3 Å². The molecule has 2 aliphatic carbocycles. The van der Waals surface area contributed by atoms with Crippen molar-refractivity contribution in [3.8, 4) is 11.1 Å². The van der Waals surface area contributed by atoms with Gasteiger partial charge in [-0.3, -0.25) is 38.4 Å². The summed E-state index contributed by atoms with van der Waals surface area (Å²) in [5.74, 6) is -1.53. The molecule has 474 valence electrons. The first-order valence-electron chi connectivity index (χ1n) is 32.5. The zero-order valence-electron chi connectivity index (χ0n) is 52.8. The summed E-state index contributed by atoms with van der Waals surface area (Å²) in [4.78, 5) is 119. The SMILES string of the molecule is CN[C@@H](C)C(=O)N[C@H](C(=O)N1CC[C@@H](NC(C)=O)C[C@H]1CN(CCc1ccccc1)C(=O)c1ccc(-c2ccc(C(=O)N(CCc3ccccc3)C[C@@H]3C[C@H](NC(C)=O)CCN3C(=O)[C@@H](NC(=O)[C@H](C)NC)C3CCCCC3)cc2)cc1)C1CCCCC1. The number of likely N-dealkylation sites (tertiary alicyclic amines) is 2. The fraction of sp³-hybridized carbons (Fsp3) is 0.543. The fourth-order valence-electron chi connectivity index (χ4n) is 13.6. The summed E-state index contributed by atoms with van der Waals surface area (Å²) >= 11 is 0. The molecule has 4 fully saturated rings. The minimum absolute atomic E-state index is 0.0177. The predicted octanol–water partition coefficient (Wildman–Crippen LogP) is 7.06. The molecule has 2 saturated carbocycles. The Morgan fingerprint density at radius 1 is 0.477 bits per heavy atom. The van der Waals surface area contributed by atoms with Gasteiger partial charge in [0.2, 0.25) is 35.4 Å². The predicted molar refractivity (Wildman–Crippen MR) is 343 cm³/mol. The first kappa shape index (κ1) is 66.5. The van der Waals surface area contributed by atoms with Crippen molar-refractivity contribution in [1.29, 1.82) is 0 Å². The third-order valence-electron chi connectivity index (χ3n) is 18.9. The summed E-state index contributed by atoms with van der Waals surface area (Å²) in [5, 5.41) is 18.5. The number of hydrogen-bond acceptors (Lipinski definition) is 10. The standard InChI is InChI=1S/C70H96N10O8/c1-47(71-5)65(83)75-63(55-23-15-9-16-24-55)69(87)79-41-37-59(73-49(3)81)43-61(79)45-77(39-35-51-19-11-7-12-20-51)67(85)57-31-27-53(28-32-57)54-29-33-58(34-30-54)68(86)78(40-36-52-21-13-8-14-22-52)46-62-44-60(74-50(4)82)38-42-80(62)70(88)64(56-25-17-10-18-26-56)76-66(84)48(2)72-6/h7-8,11-14,19-22,27-34,47-48,55-56,59-64,71-72H,9-10,15-18,23-26,35-46H2,1-6H3,(H,73,81)(H,74,82)(H,75,83)(H,76,84)/t47-,48-,59+,60+,61-,62-,63-,64-/m0/s1. The molecule has 0 spiro atoms. The number of hydrogen-bond donors (Lipinski definition) is 6. The smallest absolute Gasteiger partial charge is 0.253 e. The second kappa shape index (κ2) is 32.7. The lowest BCUT2D eigenvalue weighted by molar-refractivity contribution is -0.143. The van der Waals surface area contributed by atoms with Crippen molar-refractivity contribution in [1.82, 2.24) is 51.5 Å². The van der Waals surface area contributed by atoms with Crippen LogP contribution >= 0.6 is 0 Å². The van der Waals surface area contributed by atoms with Gasteiger partial charge in [-0.1, -0.05) is 123 Å². The van der Waals surface area contributed by atoms with Crippen LogP contribution in [0.2, 0.25) is 0 Å². The van der Waals surface area contributed by atoms with Crippen molar-refractivity contribution in [2.24, 2.45) is 11.8 Å². The molecule has 6 N–H and O–H groups in total. The Bertz CT molecular complexity index is 2750. The van der Waals surface area contributed by atoms with E-state index in [0.717, 1.165) is 86.5 Å². The molecule has 0 radical (unpaired) electrons. The number of nitrogens with one attached hydrogen (secondary N) is 6. The summed E-state index contributed by atoms with van der Waals surface area (Å²) in [5.41, 5.74) is 4.72. The van der Waals surface area contributed by atoms with E-state index in [1.165, 1.54) is 13.8 Å². The normalized spacial score (nSPS) is 20.5. The second-order valence-electron chi connectivity index (χ2n) is 25.1. The number of rotatable bonds is 25. The minimum atomic E-state index is -0.719. The molecule has 0 bridgehead atoms. The number of nitrogens with zero attached hydrogens (tertiary/aromatic N) is 4. The Hall–Kier alpha value is -7.44. The number of amides is 8. The summed E-state index contributed by atoms with van der Waals surface area (Å²) < 4.78 is 0. The Labute approximate surface area is 521 Å². The number of likely N-dealkylation sites (N-methyl/N-ethyl adjacent to an activating group) is 2. The fourth-order valence-corrected chi connectivity index (χ4v) is 13.6. The maximum Gasteiger partial charge on any atom is 0.253 e. The van der Waals surface area contributed by atoms with Crippen LogP contribution in [0.15, 0.2) is 109 Å². The molecule has 4 aliphatic rings. The molecule has 8 atom stereocenters. The van der Waals surface area contributed by atoms with E-state index in [-0.39, 0.29) is 84.3 Å². The average molecular weight is 1210 g/mol. The van der Waals surface area contributed by atoms with Crippen molar-refractivity contribution < 1.29 is 38.4 Å². The summed E-state index contributed by atoms with van der Waals surface area (Å²) in [6.45, 7) is 8.44. The highest BCUT2D eigenvalue weighted by Crippen LogP contribution is 2.33. The highest BCUT2D eigenvalue weighted by molar-refractivity contribution is 5.96. The van der Waals surface area contributed by atoms with Crippen LogP contribution in [-0.2, 0) is 41.6 Å². The lowest BCUT2D eigenvalue weighted by Crippen LogP contribution is -2.62. The van der Waals surface area contributed by atoms with Crippen molar-refractivity contribution in [2.75, 3.05) is 53.4 Å². The average Bonchev–Trinajstić information content (AvgIpc) is 2.49. The molecule has 18 nitrogen and oxygen atoms in total. The Balaban J connectivity index is 1.03. The van der Waals surface area contributed by atoms with Crippen LogP contribution in [0.5, 0.6) is 0 Å². The molecular formula is C70H96N10O8. The molecule has 18 heteroatoms. The molecule has 0 unspecified atom stereocenters. The zero-order valence-corrected chi connectivity index (χ0v) is 52.8. The number of carbonyl (C=O) groups is 8. The van der Waals surface area contributed by atoms with Gasteiger partial charge in [0.25, 0.3) is 11.8 Å². The molecule has 8 rings (SSSR count). The summed E-state index contributed by atoms with van der Waals surface area (Å²) in [6.07, 6.45) is 12.6. The van der Waals surface area contributed by atoms with Gasteiger partial charge in [0.05, 0.1) is 24.2 Å². The monoisotopic (exact) mass is 1200 g/mol. The summed E-state index contributed by atoms with van der Waals surface area (Å²) in [6, 6.07) is 31.1.